The standard InChI is InChI=1S/C34H30F2N6O6S/c1-18-26(49-17-38-18)8-7-20-11-23(41-9-10-46-34(19(41)2)15-45-16-34)32(37-13-20)47-21-12-24(33(43)44)42(14-21)31-28-27(39-30(40-31)29(35)36)22-5-3-4-6-25(22)48-28/h3-6,11,13,17,19,21,24,29H,9-10,12,14-16H2,1-2H3,(H,43,44)/t19-,21-,24-/m0/s1. The largest absolute Gasteiger partial charge is 0.480 e. The first-order chi connectivity index (χ1) is 23.7. The highest BCUT2D eigenvalue weighted by atomic mass is 32.1. The number of pyridine rings is 1. The van der Waals surface area contributed by atoms with Crippen molar-refractivity contribution in [2.45, 2.75) is 50.5 Å². The molecule has 0 amide bonds. The number of carboxylic acid groups (broad SMARTS) is 1. The van der Waals surface area contributed by atoms with E-state index in [-0.39, 0.29) is 35.9 Å². The van der Waals surface area contributed by atoms with Crippen molar-refractivity contribution in [3.05, 3.63) is 64.0 Å². The zero-order valence-electron chi connectivity index (χ0n) is 26.4. The minimum Gasteiger partial charge on any atom is -0.480 e. The molecule has 3 aliphatic rings. The number of hydrogen-bond acceptors (Lipinski definition) is 12. The third kappa shape index (κ3) is 5.49. The van der Waals surface area contributed by atoms with Gasteiger partial charge in [-0.3, -0.25) is 0 Å². The van der Waals surface area contributed by atoms with Gasteiger partial charge in [0.1, 0.15) is 34.5 Å². The SMILES string of the molecule is Cc1ncsc1C#Cc1cnc(O[C@H]2C[C@@H](C(=O)O)N(c3nc(C(F)F)nc4c3oc3ccccc34)C2)c(N2CCOC3(COC3)[C@@H]2C)c1. The maximum atomic E-state index is 14.1. The van der Waals surface area contributed by atoms with Crippen molar-refractivity contribution >= 4 is 50.9 Å². The number of carbonyl (C=O) groups is 1. The summed E-state index contributed by atoms with van der Waals surface area (Å²) in [5.74, 6) is 4.77. The van der Waals surface area contributed by atoms with Gasteiger partial charge in [-0.15, -0.1) is 11.3 Å². The molecule has 1 N–H and O–H groups in total. The number of fused-ring (bicyclic) bond motifs is 3. The number of aliphatic carboxylic acids is 1. The van der Waals surface area contributed by atoms with Crippen molar-refractivity contribution in [3.63, 3.8) is 0 Å². The van der Waals surface area contributed by atoms with Crippen LogP contribution in [-0.4, -0.2) is 87.7 Å². The van der Waals surface area contributed by atoms with Gasteiger partial charge in [0, 0.05) is 30.1 Å². The molecule has 0 saturated carbocycles. The van der Waals surface area contributed by atoms with Crippen molar-refractivity contribution < 1.29 is 37.3 Å². The van der Waals surface area contributed by atoms with Crippen LogP contribution in [0.4, 0.5) is 20.3 Å². The van der Waals surface area contributed by atoms with Gasteiger partial charge in [-0.25, -0.2) is 33.5 Å². The van der Waals surface area contributed by atoms with Crippen LogP contribution in [0.25, 0.3) is 22.1 Å². The molecule has 3 aliphatic heterocycles. The summed E-state index contributed by atoms with van der Waals surface area (Å²) in [5, 5.41) is 10.8. The molecule has 0 unspecified atom stereocenters. The molecule has 3 saturated heterocycles. The molecule has 8 rings (SSSR count). The first-order valence-corrected chi connectivity index (χ1v) is 16.6. The van der Waals surface area contributed by atoms with Crippen molar-refractivity contribution in [3.8, 4) is 17.7 Å². The maximum Gasteiger partial charge on any atom is 0.326 e. The number of hydrogen-bond donors (Lipinski definition) is 1. The van der Waals surface area contributed by atoms with Crippen molar-refractivity contribution in [1.29, 1.82) is 0 Å². The Bertz CT molecular complexity index is 2140. The molecule has 7 heterocycles. The number of halogens is 2. The number of benzene rings is 1. The summed E-state index contributed by atoms with van der Waals surface area (Å²) in [5.41, 5.74) is 4.22. The number of alkyl halides is 2. The number of morpholine rings is 1. The van der Waals surface area contributed by atoms with Gasteiger partial charge in [0.15, 0.2) is 17.2 Å². The van der Waals surface area contributed by atoms with Crippen LogP contribution in [-0.2, 0) is 14.3 Å². The second kappa shape index (κ2) is 12.2. The third-order valence-electron chi connectivity index (χ3n) is 9.36. The molecule has 3 atom stereocenters. The van der Waals surface area contributed by atoms with Crippen molar-refractivity contribution in [1.82, 2.24) is 19.9 Å². The van der Waals surface area contributed by atoms with Crippen LogP contribution in [0, 0.1) is 18.8 Å². The molecular formula is C34H30F2N6O6S. The summed E-state index contributed by atoms with van der Waals surface area (Å²) in [6.07, 6.45) is -2.02. The number of nitrogens with zero attached hydrogens (tertiary/aromatic N) is 6. The van der Waals surface area contributed by atoms with Gasteiger partial charge in [0.25, 0.3) is 6.43 Å². The molecule has 15 heteroatoms. The molecule has 3 fully saturated rings. The van der Waals surface area contributed by atoms with E-state index in [1.54, 1.807) is 36.0 Å². The van der Waals surface area contributed by atoms with Crippen molar-refractivity contribution in [2.24, 2.45) is 0 Å². The highest BCUT2D eigenvalue weighted by molar-refractivity contribution is 7.10. The molecule has 0 bridgehead atoms. The number of carboxylic acids is 1. The minimum atomic E-state index is -2.98. The smallest absolute Gasteiger partial charge is 0.326 e. The number of rotatable bonds is 6. The Kier molecular flexibility index (Phi) is 7.81. The second-order valence-electron chi connectivity index (χ2n) is 12.3. The van der Waals surface area contributed by atoms with Crippen LogP contribution in [0.2, 0.25) is 0 Å². The fraction of sp³-hybridized carbons (Fsp3) is 0.382. The average molecular weight is 689 g/mol. The van der Waals surface area contributed by atoms with E-state index in [0.29, 0.717) is 54.5 Å². The Hall–Kier alpha value is -4.91. The predicted molar refractivity (Wildman–Crippen MR) is 175 cm³/mol. The van der Waals surface area contributed by atoms with Crippen molar-refractivity contribution in [2.75, 3.05) is 42.7 Å². The summed E-state index contributed by atoms with van der Waals surface area (Å²) >= 11 is 1.46. The molecular weight excluding hydrogens is 658 g/mol. The lowest BCUT2D eigenvalue weighted by molar-refractivity contribution is -0.228. The Morgan fingerprint density at radius 3 is 2.76 bits per heavy atom. The van der Waals surface area contributed by atoms with Gasteiger partial charge >= 0.3 is 5.97 Å². The monoisotopic (exact) mass is 688 g/mol. The van der Waals surface area contributed by atoms with Crippen LogP contribution < -0.4 is 14.5 Å². The Morgan fingerprint density at radius 1 is 1.18 bits per heavy atom. The summed E-state index contributed by atoms with van der Waals surface area (Å²) in [6, 6.07) is 7.59. The Labute approximate surface area is 282 Å². The first-order valence-electron chi connectivity index (χ1n) is 15.7. The highest BCUT2D eigenvalue weighted by Crippen LogP contribution is 2.41. The van der Waals surface area contributed by atoms with Crippen LogP contribution in [0.1, 0.15) is 41.7 Å². The average Bonchev–Trinajstić information content (AvgIpc) is 3.80. The lowest BCUT2D eigenvalue weighted by atomic mass is 9.90. The number of thiazole rings is 1. The molecule has 4 aromatic heterocycles. The minimum absolute atomic E-state index is 0.0204. The number of ether oxygens (including phenoxy) is 3. The number of para-hydroxylation sites is 1. The van der Waals surface area contributed by atoms with E-state index in [2.05, 4.69) is 43.6 Å². The Balaban J connectivity index is 1.16. The molecule has 12 nitrogen and oxygen atoms in total. The van der Waals surface area contributed by atoms with Crippen LogP contribution in [0.15, 0.2) is 46.5 Å². The van der Waals surface area contributed by atoms with E-state index in [1.165, 1.54) is 16.2 Å². The fourth-order valence-corrected chi connectivity index (χ4v) is 7.30. The van der Waals surface area contributed by atoms with E-state index >= 15 is 0 Å². The van der Waals surface area contributed by atoms with Gasteiger partial charge in [-0.1, -0.05) is 18.1 Å². The van der Waals surface area contributed by atoms with E-state index < -0.39 is 36.0 Å². The van der Waals surface area contributed by atoms with E-state index in [9.17, 15) is 18.7 Å². The van der Waals surface area contributed by atoms with Gasteiger partial charge < -0.3 is 33.5 Å². The highest BCUT2D eigenvalue weighted by Gasteiger charge is 2.50. The number of furan rings is 1. The Morgan fingerprint density at radius 2 is 2.02 bits per heavy atom. The molecule has 252 valence electrons. The van der Waals surface area contributed by atoms with E-state index in [4.69, 9.17) is 18.6 Å². The molecule has 0 radical (unpaired) electrons. The normalized spacial score (nSPS) is 21.7. The van der Waals surface area contributed by atoms with Crippen LogP contribution in [0.5, 0.6) is 5.88 Å². The van der Waals surface area contributed by atoms with Gasteiger partial charge in [0.2, 0.25) is 5.88 Å². The first kappa shape index (κ1) is 31.4. The predicted octanol–water partition coefficient (Wildman–Crippen LogP) is 4.98. The number of aryl methyl sites for hydroxylation is 1. The summed E-state index contributed by atoms with van der Waals surface area (Å²) in [4.78, 5) is 34.3. The van der Waals surface area contributed by atoms with E-state index in [1.807, 2.05) is 13.0 Å². The third-order valence-corrected chi connectivity index (χ3v) is 10.2. The number of anilines is 2. The molecule has 49 heavy (non-hydrogen) atoms. The molecule has 5 aromatic rings. The summed E-state index contributed by atoms with van der Waals surface area (Å²) in [6.45, 7) is 5.94. The van der Waals surface area contributed by atoms with E-state index in [0.717, 1.165) is 10.6 Å². The summed E-state index contributed by atoms with van der Waals surface area (Å²) < 4.78 is 52.4. The van der Waals surface area contributed by atoms with Crippen LogP contribution >= 0.6 is 11.3 Å². The summed E-state index contributed by atoms with van der Waals surface area (Å²) in [7, 11) is 0. The fourth-order valence-electron chi connectivity index (χ4n) is 6.65. The van der Waals surface area contributed by atoms with Gasteiger partial charge in [0.05, 0.1) is 48.5 Å². The second-order valence-corrected chi connectivity index (χ2v) is 13.2. The zero-order valence-corrected chi connectivity index (χ0v) is 27.2. The quantitative estimate of drug-likeness (QED) is 0.241. The number of aromatic nitrogens is 4. The van der Waals surface area contributed by atoms with Crippen LogP contribution in [0.3, 0.4) is 0 Å². The maximum absolute atomic E-state index is 14.1. The molecule has 1 spiro atoms. The lowest BCUT2D eigenvalue weighted by Gasteiger charge is -2.53. The molecule has 0 aliphatic carbocycles. The van der Waals surface area contributed by atoms with Gasteiger partial charge in [-0.2, -0.15) is 0 Å². The lowest BCUT2D eigenvalue weighted by Crippen LogP contribution is -2.68. The van der Waals surface area contributed by atoms with Gasteiger partial charge in [-0.05, 0) is 38.0 Å². The topological polar surface area (TPSA) is 136 Å². The molecule has 1 aromatic carbocycles. The zero-order chi connectivity index (χ0) is 33.9.